The predicted octanol–water partition coefficient (Wildman–Crippen LogP) is 2.94. The molecule has 0 heterocycles. The standard InChI is InChI=1S/C14H14ClNO2S/c15-12-3-7-14(8-4-12)19(17,18)10-9-11-1-5-13(16)6-2-11/h1-8H,9-10,16H2. The van der Waals surface area contributed by atoms with E-state index in [1.165, 1.54) is 12.1 Å². The third kappa shape index (κ3) is 3.72. The van der Waals surface area contributed by atoms with Crippen LogP contribution in [0.3, 0.4) is 0 Å². The van der Waals surface area contributed by atoms with Crippen LogP contribution in [-0.4, -0.2) is 14.2 Å². The van der Waals surface area contributed by atoms with E-state index in [0.717, 1.165) is 5.56 Å². The van der Waals surface area contributed by atoms with Crippen molar-refractivity contribution in [2.45, 2.75) is 11.3 Å². The second kappa shape index (κ2) is 5.63. The van der Waals surface area contributed by atoms with E-state index in [-0.39, 0.29) is 5.75 Å². The number of nitrogen functional groups attached to an aromatic ring is 1. The summed E-state index contributed by atoms with van der Waals surface area (Å²) >= 11 is 5.74. The van der Waals surface area contributed by atoms with E-state index in [9.17, 15) is 8.42 Å². The van der Waals surface area contributed by atoms with Gasteiger partial charge < -0.3 is 5.73 Å². The number of hydrogen-bond donors (Lipinski definition) is 1. The van der Waals surface area contributed by atoms with Crippen LogP contribution in [0.2, 0.25) is 5.02 Å². The Balaban J connectivity index is 2.09. The highest BCUT2D eigenvalue weighted by atomic mass is 35.5. The highest BCUT2D eigenvalue weighted by Gasteiger charge is 2.14. The molecule has 2 N–H and O–H groups in total. The molecule has 0 aliphatic carbocycles. The molecule has 0 spiro atoms. The summed E-state index contributed by atoms with van der Waals surface area (Å²) in [7, 11) is -3.28. The minimum Gasteiger partial charge on any atom is -0.399 e. The highest BCUT2D eigenvalue weighted by molar-refractivity contribution is 7.91. The third-order valence-electron chi connectivity index (χ3n) is 2.81. The van der Waals surface area contributed by atoms with Gasteiger partial charge in [0.15, 0.2) is 9.84 Å². The zero-order valence-electron chi connectivity index (χ0n) is 10.2. The smallest absolute Gasteiger partial charge is 0.178 e. The van der Waals surface area contributed by atoms with E-state index >= 15 is 0 Å². The summed E-state index contributed by atoms with van der Waals surface area (Å²) in [6.07, 6.45) is 0.464. The van der Waals surface area contributed by atoms with Crippen molar-refractivity contribution in [3.8, 4) is 0 Å². The second-order valence-electron chi connectivity index (χ2n) is 4.26. The minimum atomic E-state index is -3.28. The Morgan fingerprint density at radius 1 is 0.947 bits per heavy atom. The quantitative estimate of drug-likeness (QED) is 0.882. The number of benzene rings is 2. The van der Waals surface area contributed by atoms with E-state index in [2.05, 4.69) is 0 Å². The first kappa shape index (κ1) is 13.9. The third-order valence-corrected chi connectivity index (χ3v) is 4.80. The van der Waals surface area contributed by atoms with Crippen LogP contribution in [0.5, 0.6) is 0 Å². The Bertz CT molecular complexity index is 649. The van der Waals surface area contributed by atoms with E-state index < -0.39 is 9.84 Å². The van der Waals surface area contributed by atoms with Gasteiger partial charge in [0.25, 0.3) is 0 Å². The van der Waals surface area contributed by atoms with Crippen molar-refractivity contribution in [2.24, 2.45) is 0 Å². The van der Waals surface area contributed by atoms with Crippen molar-refractivity contribution in [1.82, 2.24) is 0 Å². The summed E-state index contributed by atoms with van der Waals surface area (Å²) < 4.78 is 24.2. The molecule has 2 aromatic carbocycles. The zero-order valence-corrected chi connectivity index (χ0v) is 11.8. The molecule has 3 nitrogen and oxygen atoms in total. The monoisotopic (exact) mass is 295 g/mol. The molecule has 0 saturated carbocycles. The number of rotatable bonds is 4. The Kier molecular flexibility index (Phi) is 4.12. The van der Waals surface area contributed by atoms with Crippen molar-refractivity contribution >= 4 is 27.1 Å². The van der Waals surface area contributed by atoms with Crippen LogP contribution in [0, 0.1) is 0 Å². The van der Waals surface area contributed by atoms with Crippen LogP contribution in [-0.2, 0) is 16.3 Å². The largest absolute Gasteiger partial charge is 0.399 e. The average molecular weight is 296 g/mol. The summed E-state index contributed by atoms with van der Waals surface area (Å²) in [4.78, 5) is 0.298. The van der Waals surface area contributed by atoms with Crippen molar-refractivity contribution in [1.29, 1.82) is 0 Å². The van der Waals surface area contributed by atoms with Gasteiger partial charge in [0.2, 0.25) is 0 Å². The van der Waals surface area contributed by atoms with Gasteiger partial charge >= 0.3 is 0 Å². The van der Waals surface area contributed by atoms with Gasteiger partial charge in [-0.3, -0.25) is 0 Å². The van der Waals surface area contributed by atoms with Crippen molar-refractivity contribution in [3.05, 3.63) is 59.1 Å². The van der Waals surface area contributed by atoms with E-state index in [1.54, 1.807) is 24.3 Å². The maximum Gasteiger partial charge on any atom is 0.178 e. The molecule has 5 heteroatoms. The number of aryl methyl sites for hydroxylation is 1. The molecule has 0 bridgehead atoms. The van der Waals surface area contributed by atoms with Gasteiger partial charge in [-0.15, -0.1) is 0 Å². The summed E-state index contributed by atoms with van der Waals surface area (Å²) in [6, 6.07) is 13.4. The SMILES string of the molecule is Nc1ccc(CCS(=O)(=O)c2ccc(Cl)cc2)cc1. The van der Waals surface area contributed by atoms with E-state index in [1.807, 2.05) is 12.1 Å². The summed E-state index contributed by atoms with van der Waals surface area (Å²) in [5.74, 6) is 0.0680. The number of nitrogens with two attached hydrogens (primary N) is 1. The van der Waals surface area contributed by atoms with Gasteiger partial charge in [-0.1, -0.05) is 23.7 Å². The zero-order chi connectivity index (χ0) is 13.9. The maximum atomic E-state index is 12.1. The molecule has 19 heavy (non-hydrogen) atoms. The lowest BCUT2D eigenvalue weighted by Crippen LogP contribution is -2.09. The maximum absolute atomic E-state index is 12.1. The van der Waals surface area contributed by atoms with Gasteiger partial charge in [-0.05, 0) is 48.4 Å². The lowest BCUT2D eigenvalue weighted by molar-refractivity contribution is 0.595. The van der Waals surface area contributed by atoms with Crippen molar-refractivity contribution in [3.63, 3.8) is 0 Å². The van der Waals surface area contributed by atoms with Crippen LogP contribution in [0.25, 0.3) is 0 Å². The summed E-state index contributed by atoms with van der Waals surface area (Å²) in [6.45, 7) is 0. The normalized spacial score (nSPS) is 11.4. The van der Waals surface area contributed by atoms with E-state index in [0.29, 0.717) is 22.0 Å². The first-order valence-corrected chi connectivity index (χ1v) is 7.83. The first-order valence-electron chi connectivity index (χ1n) is 5.80. The fourth-order valence-electron chi connectivity index (χ4n) is 1.70. The molecule has 0 unspecified atom stereocenters. The Labute approximate surface area is 117 Å². The molecule has 2 aromatic rings. The lowest BCUT2D eigenvalue weighted by Gasteiger charge is -2.05. The molecule has 2 rings (SSSR count). The molecule has 0 aliphatic rings. The van der Waals surface area contributed by atoms with Crippen LogP contribution < -0.4 is 5.73 Å². The highest BCUT2D eigenvalue weighted by Crippen LogP contribution is 2.16. The average Bonchev–Trinajstić information content (AvgIpc) is 2.39. The molecule has 0 fully saturated rings. The summed E-state index contributed by atoms with van der Waals surface area (Å²) in [5.41, 5.74) is 7.20. The Hall–Kier alpha value is -1.52. The van der Waals surface area contributed by atoms with Crippen molar-refractivity contribution in [2.75, 3.05) is 11.5 Å². The molecule has 0 aliphatic heterocycles. The number of halogens is 1. The number of sulfone groups is 1. The van der Waals surface area contributed by atoms with Crippen molar-refractivity contribution < 1.29 is 8.42 Å². The van der Waals surface area contributed by atoms with Gasteiger partial charge in [0.05, 0.1) is 10.6 Å². The van der Waals surface area contributed by atoms with Crippen LogP contribution >= 0.6 is 11.6 Å². The molecule has 0 radical (unpaired) electrons. The minimum absolute atomic E-state index is 0.0680. The summed E-state index contributed by atoms with van der Waals surface area (Å²) in [5, 5.41) is 0.525. The lowest BCUT2D eigenvalue weighted by atomic mass is 10.2. The molecule has 100 valence electrons. The van der Waals surface area contributed by atoms with Crippen LogP contribution in [0.15, 0.2) is 53.4 Å². The Morgan fingerprint density at radius 2 is 1.53 bits per heavy atom. The first-order chi connectivity index (χ1) is 8.97. The second-order valence-corrected chi connectivity index (χ2v) is 6.81. The van der Waals surface area contributed by atoms with Gasteiger partial charge in [-0.25, -0.2) is 8.42 Å². The number of hydrogen-bond acceptors (Lipinski definition) is 3. The Morgan fingerprint density at radius 3 is 2.11 bits per heavy atom. The molecule has 0 aromatic heterocycles. The molecule has 0 amide bonds. The topological polar surface area (TPSA) is 60.2 Å². The van der Waals surface area contributed by atoms with Crippen LogP contribution in [0.1, 0.15) is 5.56 Å². The molecular weight excluding hydrogens is 282 g/mol. The number of anilines is 1. The van der Waals surface area contributed by atoms with Gasteiger partial charge in [0, 0.05) is 10.7 Å². The molecule has 0 atom stereocenters. The fourth-order valence-corrected chi connectivity index (χ4v) is 3.11. The molecular formula is C14H14ClNO2S. The van der Waals surface area contributed by atoms with Gasteiger partial charge in [0.1, 0.15) is 0 Å². The van der Waals surface area contributed by atoms with Crippen LogP contribution in [0.4, 0.5) is 5.69 Å². The van der Waals surface area contributed by atoms with E-state index in [4.69, 9.17) is 17.3 Å². The fraction of sp³-hybridized carbons (Fsp3) is 0.143. The predicted molar refractivity (Wildman–Crippen MR) is 78.1 cm³/mol. The molecule has 0 saturated heterocycles. The van der Waals surface area contributed by atoms with Gasteiger partial charge in [-0.2, -0.15) is 0 Å².